The lowest BCUT2D eigenvalue weighted by molar-refractivity contribution is 0.0689. The van der Waals surface area contributed by atoms with Crippen LogP contribution in [0.5, 0.6) is 11.5 Å². The van der Waals surface area contributed by atoms with Gasteiger partial charge >= 0.3 is 5.97 Å². The Hall–Kier alpha value is -2.28. The second-order valence-electron chi connectivity index (χ2n) is 3.94. The van der Waals surface area contributed by atoms with E-state index in [4.69, 9.17) is 21.4 Å². The molecule has 0 aliphatic carbocycles. The average Bonchev–Trinajstić information content (AvgIpc) is 2.75. The van der Waals surface area contributed by atoms with Crippen molar-refractivity contribution in [3.8, 4) is 22.8 Å². The van der Waals surface area contributed by atoms with Crippen LogP contribution < -0.4 is 4.74 Å². The van der Waals surface area contributed by atoms with Gasteiger partial charge < -0.3 is 14.9 Å². The predicted octanol–water partition coefficient (Wildman–Crippen LogP) is 2.29. The first-order valence-electron chi connectivity index (χ1n) is 5.39. The largest absolute Gasteiger partial charge is 0.504 e. The number of rotatable bonds is 3. The zero-order valence-electron chi connectivity index (χ0n) is 10.5. The first kappa shape index (κ1) is 14.1. The van der Waals surface area contributed by atoms with Gasteiger partial charge in [0.1, 0.15) is 5.82 Å². The fraction of sp³-hybridized carbons (Fsp3) is 0.167. The van der Waals surface area contributed by atoms with Crippen molar-refractivity contribution in [3.05, 3.63) is 28.7 Å². The molecular weight excluding hydrogens is 291 g/mol. The topological polar surface area (TPSA) is 84.6 Å². The molecule has 0 aliphatic rings. The molecule has 0 spiro atoms. The van der Waals surface area contributed by atoms with Gasteiger partial charge in [-0.3, -0.25) is 4.68 Å². The highest BCUT2D eigenvalue weighted by atomic mass is 35.5. The summed E-state index contributed by atoms with van der Waals surface area (Å²) < 4.78 is 19.9. The van der Waals surface area contributed by atoms with E-state index < -0.39 is 17.5 Å². The van der Waals surface area contributed by atoms with E-state index in [0.717, 1.165) is 6.07 Å². The number of aryl methyl sites for hydroxylation is 1. The number of benzene rings is 1. The van der Waals surface area contributed by atoms with Crippen LogP contribution in [-0.4, -0.2) is 33.1 Å². The van der Waals surface area contributed by atoms with Crippen molar-refractivity contribution >= 4 is 17.6 Å². The number of carbonyl (C=O) groups is 1. The van der Waals surface area contributed by atoms with Crippen LogP contribution in [0, 0.1) is 5.82 Å². The average molecular weight is 301 g/mol. The first-order chi connectivity index (χ1) is 9.36. The number of phenolic OH excluding ortho intramolecular Hbond substituents is 1. The van der Waals surface area contributed by atoms with Gasteiger partial charge in [0.15, 0.2) is 17.2 Å². The second kappa shape index (κ2) is 5.01. The molecule has 8 heteroatoms. The van der Waals surface area contributed by atoms with Gasteiger partial charge in [-0.1, -0.05) is 11.6 Å². The molecule has 0 radical (unpaired) electrons. The molecule has 0 bridgehead atoms. The van der Waals surface area contributed by atoms with Crippen molar-refractivity contribution in [1.82, 2.24) is 9.78 Å². The minimum Gasteiger partial charge on any atom is -0.504 e. The Bertz CT molecular complexity index is 699. The zero-order valence-corrected chi connectivity index (χ0v) is 11.3. The van der Waals surface area contributed by atoms with Crippen LogP contribution in [-0.2, 0) is 7.05 Å². The van der Waals surface area contributed by atoms with E-state index in [1.54, 1.807) is 0 Å². The van der Waals surface area contributed by atoms with E-state index in [2.05, 4.69) is 5.10 Å². The summed E-state index contributed by atoms with van der Waals surface area (Å²) >= 11 is 5.89. The van der Waals surface area contributed by atoms with Crippen molar-refractivity contribution in [1.29, 1.82) is 0 Å². The number of carboxylic acid groups (broad SMARTS) is 1. The highest BCUT2D eigenvalue weighted by molar-refractivity contribution is 6.34. The third kappa shape index (κ3) is 2.16. The maximum absolute atomic E-state index is 13.6. The molecule has 2 rings (SSSR count). The van der Waals surface area contributed by atoms with Crippen LogP contribution in [0.3, 0.4) is 0 Å². The standard InChI is InChI=1S/C12H10ClFN2O4/c1-16-7(4-6(15-16)12(18)19)9-10(13)5(14)3-8(17)11(9)20-2/h3-4,17H,1-2H3,(H,18,19). The number of carboxylic acids is 1. The van der Waals surface area contributed by atoms with E-state index in [9.17, 15) is 14.3 Å². The minimum absolute atomic E-state index is 0.0363. The minimum atomic E-state index is -1.23. The van der Waals surface area contributed by atoms with Gasteiger partial charge in [0.05, 0.1) is 23.4 Å². The van der Waals surface area contributed by atoms with Crippen molar-refractivity contribution in [3.63, 3.8) is 0 Å². The van der Waals surface area contributed by atoms with Crippen LogP contribution in [0.15, 0.2) is 12.1 Å². The Morgan fingerprint density at radius 1 is 1.50 bits per heavy atom. The van der Waals surface area contributed by atoms with E-state index in [0.29, 0.717) is 0 Å². The van der Waals surface area contributed by atoms with Gasteiger partial charge in [-0.25, -0.2) is 9.18 Å². The van der Waals surface area contributed by atoms with E-state index in [1.165, 1.54) is 24.9 Å². The summed E-state index contributed by atoms with van der Waals surface area (Å²) in [5.41, 5.74) is 0.0117. The molecule has 6 nitrogen and oxygen atoms in total. The SMILES string of the molecule is COc1c(O)cc(F)c(Cl)c1-c1cc(C(=O)O)nn1C. The number of phenols is 1. The van der Waals surface area contributed by atoms with Crippen LogP contribution in [0.2, 0.25) is 5.02 Å². The number of hydrogen-bond acceptors (Lipinski definition) is 4. The summed E-state index contributed by atoms with van der Waals surface area (Å²) in [7, 11) is 2.75. The maximum Gasteiger partial charge on any atom is 0.356 e. The highest BCUT2D eigenvalue weighted by Gasteiger charge is 2.23. The fourth-order valence-corrected chi connectivity index (χ4v) is 2.07. The van der Waals surface area contributed by atoms with Gasteiger partial charge in [0, 0.05) is 13.1 Å². The van der Waals surface area contributed by atoms with Crippen LogP contribution >= 0.6 is 11.6 Å². The quantitative estimate of drug-likeness (QED) is 0.908. The zero-order chi connectivity index (χ0) is 15.0. The molecule has 0 saturated heterocycles. The van der Waals surface area contributed by atoms with Crippen molar-refractivity contribution in [2.45, 2.75) is 0 Å². The van der Waals surface area contributed by atoms with Gasteiger partial charge in [0.25, 0.3) is 0 Å². The first-order valence-corrected chi connectivity index (χ1v) is 5.77. The fourth-order valence-electron chi connectivity index (χ4n) is 1.84. The van der Waals surface area contributed by atoms with Gasteiger partial charge in [-0.15, -0.1) is 0 Å². The molecule has 20 heavy (non-hydrogen) atoms. The van der Waals surface area contributed by atoms with E-state index >= 15 is 0 Å². The lowest BCUT2D eigenvalue weighted by Crippen LogP contribution is -2.00. The molecule has 1 aromatic carbocycles. The summed E-state index contributed by atoms with van der Waals surface area (Å²) in [6, 6.07) is 2.03. The highest BCUT2D eigenvalue weighted by Crippen LogP contribution is 2.43. The van der Waals surface area contributed by atoms with Crippen molar-refractivity contribution < 1.29 is 24.1 Å². The number of halogens is 2. The molecule has 1 aromatic heterocycles. The number of hydrogen-bond donors (Lipinski definition) is 2. The Morgan fingerprint density at radius 2 is 2.15 bits per heavy atom. The van der Waals surface area contributed by atoms with E-state index in [-0.39, 0.29) is 27.7 Å². The number of methoxy groups -OCH3 is 1. The number of nitrogens with zero attached hydrogens (tertiary/aromatic N) is 2. The molecule has 2 aromatic rings. The number of aromatic nitrogens is 2. The summed E-state index contributed by atoms with van der Waals surface area (Å²) in [5, 5.41) is 22.1. The van der Waals surface area contributed by atoms with Gasteiger partial charge in [0.2, 0.25) is 0 Å². The molecule has 1 heterocycles. The van der Waals surface area contributed by atoms with Gasteiger partial charge in [-0.05, 0) is 6.07 Å². The summed E-state index contributed by atoms with van der Waals surface area (Å²) in [6.07, 6.45) is 0. The Balaban J connectivity index is 2.78. The van der Waals surface area contributed by atoms with Gasteiger partial charge in [-0.2, -0.15) is 5.10 Å². The van der Waals surface area contributed by atoms with Crippen LogP contribution in [0.1, 0.15) is 10.5 Å². The molecule has 0 aliphatic heterocycles. The van der Waals surface area contributed by atoms with Crippen LogP contribution in [0.4, 0.5) is 4.39 Å². The molecule has 0 fully saturated rings. The Morgan fingerprint density at radius 3 is 2.65 bits per heavy atom. The molecule has 106 valence electrons. The number of aromatic hydroxyl groups is 1. The third-order valence-electron chi connectivity index (χ3n) is 2.71. The molecule has 0 unspecified atom stereocenters. The molecule has 0 atom stereocenters. The summed E-state index contributed by atoms with van der Waals surface area (Å²) in [4.78, 5) is 10.9. The van der Waals surface area contributed by atoms with Crippen molar-refractivity contribution in [2.24, 2.45) is 7.05 Å². The lowest BCUT2D eigenvalue weighted by atomic mass is 10.1. The maximum atomic E-state index is 13.6. The predicted molar refractivity (Wildman–Crippen MR) is 68.8 cm³/mol. The summed E-state index contributed by atoms with van der Waals surface area (Å²) in [6.45, 7) is 0. The molecular formula is C12H10ClFN2O4. The van der Waals surface area contributed by atoms with Crippen LogP contribution in [0.25, 0.3) is 11.3 Å². The monoisotopic (exact) mass is 300 g/mol. The molecule has 0 amide bonds. The smallest absolute Gasteiger partial charge is 0.356 e. The normalized spacial score (nSPS) is 10.6. The third-order valence-corrected chi connectivity index (χ3v) is 3.08. The second-order valence-corrected chi connectivity index (χ2v) is 4.32. The van der Waals surface area contributed by atoms with E-state index in [1.807, 2.05) is 0 Å². The molecule has 0 saturated carbocycles. The number of ether oxygens (including phenoxy) is 1. The Labute approximate surface area is 118 Å². The summed E-state index contributed by atoms with van der Waals surface area (Å²) in [5.74, 6) is -2.58. The lowest BCUT2D eigenvalue weighted by Gasteiger charge is -2.12. The van der Waals surface area contributed by atoms with Crippen molar-refractivity contribution in [2.75, 3.05) is 7.11 Å². The molecule has 2 N–H and O–H groups in total. The Kier molecular flexibility index (Phi) is 3.54. The number of aromatic carboxylic acids is 1.